The maximum absolute atomic E-state index is 12.5. The van der Waals surface area contributed by atoms with Crippen LogP contribution in [0.5, 0.6) is 0 Å². The summed E-state index contributed by atoms with van der Waals surface area (Å²) in [6.07, 6.45) is 4.44. The van der Waals surface area contributed by atoms with E-state index in [9.17, 15) is 4.79 Å². The third kappa shape index (κ3) is 4.19. The molecule has 2 aromatic rings. The molecule has 0 radical (unpaired) electrons. The molecule has 1 fully saturated rings. The minimum Gasteiger partial charge on any atom is -0.411 e. The van der Waals surface area contributed by atoms with E-state index in [1.54, 1.807) is 0 Å². The lowest BCUT2D eigenvalue weighted by atomic mass is 10.0. The highest BCUT2D eigenvalue weighted by Crippen LogP contribution is 2.26. The smallest absolute Gasteiger partial charge is 0.277 e. The summed E-state index contributed by atoms with van der Waals surface area (Å²) in [6.45, 7) is 3.01. The first kappa shape index (κ1) is 17.5. The summed E-state index contributed by atoms with van der Waals surface area (Å²) in [7, 11) is 0. The maximum atomic E-state index is 12.5. The zero-order chi connectivity index (χ0) is 16.9. The van der Waals surface area contributed by atoms with Gasteiger partial charge in [0.25, 0.3) is 5.22 Å². The summed E-state index contributed by atoms with van der Waals surface area (Å²) < 4.78 is 6.62. The Morgan fingerprint density at radius 2 is 2.29 bits per heavy atom. The number of carbonyl (C=O) groups is 1. The van der Waals surface area contributed by atoms with Crippen molar-refractivity contribution in [1.82, 2.24) is 15.1 Å². The Morgan fingerprint density at radius 3 is 3.08 bits per heavy atom. The largest absolute Gasteiger partial charge is 0.411 e. The van der Waals surface area contributed by atoms with Gasteiger partial charge in [0, 0.05) is 22.6 Å². The molecule has 0 bridgehead atoms. The summed E-state index contributed by atoms with van der Waals surface area (Å²) >= 11 is 4.74. The van der Waals surface area contributed by atoms with Crippen LogP contribution in [0.25, 0.3) is 11.5 Å². The second-order valence-corrected chi connectivity index (χ2v) is 7.66. The van der Waals surface area contributed by atoms with Gasteiger partial charge in [0.1, 0.15) is 0 Å². The zero-order valence-electron chi connectivity index (χ0n) is 13.6. The number of hydrogen-bond acceptors (Lipinski definition) is 5. The third-order valence-electron chi connectivity index (χ3n) is 4.22. The van der Waals surface area contributed by atoms with Crippen molar-refractivity contribution in [3.63, 3.8) is 0 Å². The second-order valence-electron chi connectivity index (χ2n) is 5.82. The van der Waals surface area contributed by atoms with Crippen LogP contribution < -0.4 is 0 Å². The van der Waals surface area contributed by atoms with E-state index in [-0.39, 0.29) is 5.91 Å². The van der Waals surface area contributed by atoms with Crippen molar-refractivity contribution in [2.45, 2.75) is 43.9 Å². The highest BCUT2D eigenvalue weighted by Gasteiger charge is 2.25. The SMILES string of the molecule is CC[C@@H]1CCCCN1C(=O)CSc1nnc(-c2cccc(Br)c2)o1. The van der Waals surface area contributed by atoms with Gasteiger partial charge in [-0.3, -0.25) is 4.79 Å². The Morgan fingerprint density at radius 1 is 1.42 bits per heavy atom. The van der Waals surface area contributed by atoms with Crippen molar-refractivity contribution in [3.05, 3.63) is 28.7 Å². The fraction of sp³-hybridized carbons (Fsp3) is 0.471. The van der Waals surface area contributed by atoms with E-state index in [2.05, 4.69) is 33.1 Å². The monoisotopic (exact) mass is 409 g/mol. The number of thioether (sulfide) groups is 1. The highest BCUT2D eigenvalue weighted by molar-refractivity contribution is 9.10. The zero-order valence-corrected chi connectivity index (χ0v) is 16.0. The quantitative estimate of drug-likeness (QED) is 0.685. The van der Waals surface area contributed by atoms with Crippen LogP contribution in [0.4, 0.5) is 0 Å². The molecule has 2 heterocycles. The van der Waals surface area contributed by atoms with Gasteiger partial charge in [-0.05, 0) is 43.9 Å². The van der Waals surface area contributed by atoms with Crippen molar-refractivity contribution >= 4 is 33.6 Å². The molecule has 1 aliphatic heterocycles. The van der Waals surface area contributed by atoms with Crippen LogP contribution in [-0.4, -0.2) is 39.3 Å². The highest BCUT2D eigenvalue weighted by atomic mass is 79.9. The normalized spacial score (nSPS) is 17.9. The Kier molecular flexibility index (Phi) is 5.94. The molecule has 7 heteroatoms. The topological polar surface area (TPSA) is 59.2 Å². The number of hydrogen-bond donors (Lipinski definition) is 0. The fourth-order valence-corrected chi connectivity index (χ4v) is 4.01. The third-order valence-corrected chi connectivity index (χ3v) is 5.51. The number of benzene rings is 1. The molecular weight excluding hydrogens is 390 g/mol. The van der Waals surface area contributed by atoms with Crippen molar-refractivity contribution in [3.8, 4) is 11.5 Å². The van der Waals surface area contributed by atoms with Gasteiger partial charge in [-0.25, -0.2) is 0 Å². The number of carbonyl (C=O) groups excluding carboxylic acids is 1. The van der Waals surface area contributed by atoms with E-state index < -0.39 is 0 Å². The second kappa shape index (κ2) is 8.16. The Balaban J connectivity index is 1.60. The summed E-state index contributed by atoms with van der Waals surface area (Å²) in [6, 6.07) is 8.08. The van der Waals surface area contributed by atoms with E-state index in [1.807, 2.05) is 29.2 Å². The van der Waals surface area contributed by atoms with Crippen LogP contribution in [0, 0.1) is 0 Å². The number of aromatic nitrogens is 2. The average molecular weight is 410 g/mol. The van der Waals surface area contributed by atoms with Gasteiger partial charge in [-0.1, -0.05) is 40.7 Å². The van der Waals surface area contributed by atoms with Crippen LogP contribution in [0.1, 0.15) is 32.6 Å². The molecule has 1 saturated heterocycles. The van der Waals surface area contributed by atoms with Crippen molar-refractivity contribution in [2.75, 3.05) is 12.3 Å². The summed E-state index contributed by atoms with van der Waals surface area (Å²) in [5, 5.41) is 8.54. The van der Waals surface area contributed by atoms with E-state index in [0.29, 0.717) is 22.9 Å². The number of rotatable bonds is 5. The predicted octanol–water partition coefficient (Wildman–Crippen LogP) is 4.38. The van der Waals surface area contributed by atoms with Gasteiger partial charge in [0.2, 0.25) is 11.8 Å². The molecule has 5 nitrogen and oxygen atoms in total. The number of halogens is 1. The van der Waals surface area contributed by atoms with Crippen LogP contribution in [0.15, 0.2) is 38.4 Å². The Labute approximate surface area is 154 Å². The van der Waals surface area contributed by atoms with E-state index >= 15 is 0 Å². The maximum Gasteiger partial charge on any atom is 0.277 e. The lowest BCUT2D eigenvalue weighted by Crippen LogP contribution is -2.44. The minimum atomic E-state index is 0.161. The molecule has 1 aromatic heterocycles. The molecule has 0 unspecified atom stereocenters. The van der Waals surface area contributed by atoms with Gasteiger partial charge < -0.3 is 9.32 Å². The molecule has 128 valence electrons. The standard InChI is InChI=1S/C17H20BrN3O2S/c1-2-14-8-3-4-9-21(14)15(22)11-24-17-20-19-16(23-17)12-6-5-7-13(18)10-12/h5-7,10,14H,2-4,8-9,11H2,1H3/t14-/m1/s1. The average Bonchev–Trinajstić information content (AvgIpc) is 3.08. The lowest BCUT2D eigenvalue weighted by molar-refractivity contribution is -0.132. The van der Waals surface area contributed by atoms with Crippen LogP contribution in [0.3, 0.4) is 0 Å². The summed E-state index contributed by atoms with van der Waals surface area (Å²) in [5.74, 6) is 0.973. The van der Waals surface area contributed by atoms with Gasteiger partial charge in [0.15, 0.2) is 0 Å². The molecule has 1 atom stereocenters. The van der Waals surface area contributed by atoms with Crippen molar-refractivity contribution in [1.29, 1.82) is 0 Å². The molecule has 0 spiro atoms. The number of nitrogens with zero attached hydrogens (tertiary/aromatic N) is 3. The van der Waals surface area contributed by atoms with Gasteiger partial charge in [-0.15, -0.1) is 10.2 Å². The molecule has 3 rings (SSSR count). The van der Waals surface area contributed by atoms with Crippen LogP contribution in [-0.2, 0) is 4.79 Å². The molecular formula is C17H20BrN3O2S. The molecule has 0 N–H and O–H groups in total. The number of amides is 1. The molecule has 0 saturated carbocycles. The van der Waals surface area contributed by atoms with Gasteiger partial charge >= 0.3 is 0 Å². The van der Waals surface area contributed by atoms with Crippen LogP contribution >= 0.6 is 27.7 Å². The number of piperidine rings is 1. The fourth-order valence-electron chi connectivity index (χ4n) is 2.97. The Bertz CT molecular complexity index is 707. The van der Waals surface area contributed by atoms with Gasteiger partial charge in [-0.2, -0.15) is 0 Å². The first-order chi connectivity index (χ1) is 11.7. The summed E-state index contributed by atoms with van der Waals surface area (Å²) in [4.78, 5) is 14.5. The first-order valence-corrected chi connectivity index (χ1v) is 9.97. The van der Waals surface area contributed by atoms with Crippen molar-refractivity contribution < 1.29 is 9.21 Å². The Hall–Kier alpha value is -1.34. The molecule has 0 aliphatic carbocycles. The minimum absolute atomic E-state index is 0.161. The molecule has 1 aliphatic rings. The molecule has 1 aromatic carbocycles. The van der Waals surface area contributed by atoms with E-state index in [1.165, 1.54) is 18.2 Å². The lowest BCUT2D eigenvalue weighted by Gasteiger charge is -2.35. The van der Waals surface area contributed by atoms with Crippen molar-refractivity contribution in [2.24, 2.45) is 0 Å². The van der Waals surface area contributed by atoms with Gasteiger partial charge in [0.05, 0.1) is 5.75 Å². The van der Waals surface area contributed by atoms with E-state index in [4.69, 9.17) is 4.42 Å². The summed E-state index contributed by atoms with van der Waals surface area (Å²) in [5.41, 5.74) is 0.858. The predicted molar refractivity (Wildman–Crippen MR) is 97.8 cm³/mol. The molecule has 24 heavy (non-hydrogen) atoms. The van der Waals surface area contributed by atoms with E-state index in [0.717, 1.165) is 35.8 Å². The number of likely N-dealkylation sites (tertiary alicyclic amines) is 1. The first-order valence-electron chi connectivity index (χ1n) is 8.19. The van der Waals surface area contributed by atoms with Crippen LogP contribution in [0.2, 0.25) is 0 Å². The molecule has 1 amide bonds.